The second-order valence-electron chi connectivity index (χ2n) is 14.3. The summed E-state index contributed by atoms with van der Waals surface area (Å²) in [5, 5.41) is 13.6. The average molecular weight is 700 g/mol. The third-order valence-corrected chi connectivity index (χ3v) is 9.34. The number of aliphatic hydroxyl groups is 1. The largest absolute Gasteiger partial charge is 0.472 e. The number of nitrogens with zero attached hydrogens (tertiary/aromatic N) is 1. The van der Waals surface area contributed by atoms with Gasteiger partial charge < -0.3 is 19.8 Å². The number of carbonyl (C=O) groups is 1. The van der Waals surface area contributed by atoms with Gasteiger partial charge in [0.15, 0.2) is 0 Å². The van der Waals surface area contributed by atoms with Gasteiger partial charge in [-0.05, 0) is 51.4 Å². The topological polar surface area (TPSA) is 105 Å². The van der Waals surface area contributed by atoms with E-state index in [2.05, 4.69) is 43.5 Å². The zero-order valence-electron chi connectivity index (χ0n) is 31.7. The van der Waals surface area contributed by atoms with E-state index >= 15 is 0 Å². The highest BCUT2D eigenvalue weighted by molar-refractivity contribution is 7.47. The molecule has 0 aliphatic heterocycles. The number of allylic oxidation sites excluding steroid dienone is 5. The molecular weight excluding hydrogens is 623 g/mol. The highest BCUT2D eigenvalue weighted by Gasteiger charge is 2.27. The lowest BCUT2D eigenvalue weighted by molar-refractivity contribution is -0.870. The molecule has 0 heterocycles. The van der Waals surface area contributed by atoms with Crippen molar-refractivity contribution in [1.82, 2.24) is 5.32 Å². The fourth-order valence-corrected chi connectivity index (χ4v) is 5.92. The lowest BCUT2D eigenvalue weighted by Crippen LogP contribution is -2.45. The molecule has 1 amide bonds. The van der Waals surface area contributed by atoms with Gasteiger partial charge in [-0.3, -0.25) is 13.8 Å². The first-order valence-electron chi connectivity index (χ1n) is 19.4. The molecule has 0 rings (SSSR count). The summed E-state index contributed by atoms with van der Waals surface area (Å²) in [6.45, 7) is 4.70. The van der Waals surface area contributed by atoms with Crippen LogP contribution in [0.5, 0.6) is 0 Å². The van der Waals surface area contributed by atoms with Gasteiger partial charge in [-0.2, -0.15) is 0 Å². The Bertz CT molecular complexity index is 886. The van der Waals surface area contributed by atoms with E-state index in [1.807, 2.05) is 27.2 Å². The van der Waals surface area contributed by atoms with Crippen molar-refractivity contribution in [3.8, 4) is 0 Å². The van der Waals surface area contributed by atoms with Crippen molar-refractivity contribution in [2.75, 3.05) is 40.9 Å². The summed E-state index contributed by atoms with van der Waals surface area (Å²) < 4.78 is 23.4. The van der Waals surface area contributed by atoms with E-state index in [9.17, 15) is 19.4 Å². The van der Waals surface area contributed by atoms with Gasteiger partial charge in [0.25, 0.3) is 0 Å². The van der Waals surface area contributed by atoms with Gasteiger partial charge in [-0.15, -0.1) is 0 Å². The van der Waals surface area contributed by atoms with Crippen LogP contribution in [0.4, 0.5) is 0 Å². The van der Waals surface area contributed by atoms with Crippen LogP contribution >= 0.6 is 7.82 Å². The summed E-state index contributed by atoms with van der Waals surface area (Å²) in [6, 6.07) is -0.844. The van der Waals surface area contributed by atoms with Crippen molar-refractivity contribution < 1.29 is 32.9 Å². The van der Waals surface area contributed by atoms with Crippen LogP contribution in [0.25, 0.3) is 0 Å². The summed E-state index contributed by atoms with van der Waals surface area (Å²) in [5.41, 5.74) is 0. The molecule has 3 unspecified atom stereocenters. The van der Waals surface area contributed by atoms with Gasteiger partial charge in [0, 0.05) is 6.42 Å². The second kappa shape index (κ2) is 31.7. The maximum absolute atomic E-state index is 12.7. The standard InChI is InChI=1S/C39H75N2O6P/c1-6-8-10-12-14-15-16-17-18-19-20-21-22-23-24-25-27-29-31-33-39(43)40-37(38(42)32-30-28-26-13-11-9-7-2)36-47-48(44,45)46-35-34-41(3,4)5/h14-15,17-18,30,32,37-38,42H,6-13,16,19-29,31,33-36H2,1-5H3,(H-,40,43,44,45)/p+1/b15-14-,18-17-,32-30+. The number of nitrogens with one attached hydrogen (secondary N) is 1. The zero-order chi connectivity index (χ0) is 35.8. The lowest BCUT2D eigenvalue weighted by Gasteiger charge is -2.25. The summed E-state index contributed by atoms with van der Waals surface area (Å²) in [5.74, 6) is -0.189. The summed E-state index contributed by atoms with van der Waals surface area (Å²) >= 11 is 0. The molecule has 8 nitrogen and oxygen atoms in total. The van der Waals surface area contributed by atoms with Crippen molar-refractivity contribution in [3.63, 3.8) is 0 Å². The number of hydrogen-bond donors (Lipinski definition) is 3. The Morgan fingerprint density at radius 2 is 1.19 bits per heavy atom. The first-order valence-corrected chi connectivity index (χ1v) is 20.9. The molecule has 0 aromatic rings. The van der Waals surface area contributed by atoms with Crippen LogP contribution < -0.4 is 5.32 Å². The third-order valence-electron chi connectivity index (χ3n) is 8.35. The molecule has 0 saturated heterocycles. The van der Waals surface area contributed by atoms with Gasteiger partial charge in [-0.1, -0.05) is 134 Å². The van der Waals surface area contributed by atoms with Crippen molar-refractivity contribution in [2.45, 2.75) is 167 Å². The Kier molecular flexibility index (Phi) is 30.8. The van der Waals surface area contributed by atoms with Crippen molar-refractivity contribution in [1.29, 1.82) is 0 Å². The average Bonchev–Trinajstić information content (AvgIpc) is 3.02. The van der Waals surface area contributed by atoms with Crippen molar-refractivity contribution >= 4 is 13.7 Å². The van der Waals surface area contributed by atoms with Crippen molar-refractivity contribution in [3.05, 3.63) is 36.5 Å². The minimum atomic E-state index is -4.32. The predicted molar refractivity (Wildman–Crippen MR) is 203 cm³/mol. The molecule has 0 aromatic heterocycles. The van der Waals surface area contributed by atoms with Gasteiger partial charge in [0.2, 0.25) is 5.91 Å². The van der Waals surface area contributed by atoms with Crippen molar-refractivity contribution in [2.24, 2.45) is 0 Å². The minimum absolute atomic E-state index is 0.0595. The number of likely N-dealkylation sites (N-methyl/N-ethyl adjacent to an activating group) is 1. The third kappa shape index (κ3) is 33.2. The summed E-state index contributed by atoms with van der Waals surface area (Å²) in [4.78, 5) is 22.9. The molecule has 0 aliphatic carbocycles. The first-order chi connectivity index (χ1) is 23.0. The number of aliphatic hydroxyl groups excluding tert-OH is 1. The monoisotopic (exact) mass is 700 g/mol. The molecule has 282 valence electrons. The number of amides is 1. The highest BCUT2D eigenvalue weighted by Crippen LogP contribution is 2.43. The Hall–Kier alpha value is -1.28. The van der Waals surface area contributed by atoms with Crippen LogP contribution in [-0.4, -0.2) is 73.4 Å². The molecule has 0 fully saturated rings. The lowest BCUT2D eigenvalue weighted by atomic mass is 10.0. The molecule has 0 aliphatic rings. The highest BCUT2D eigenvalue weighted by atomic mass is 31.2. The molecule has 0 radical (unpaired) electrons. The fraction of sp³-hybridized carbons (Fsp3) is 0.821. The molecule has 48 heavy (non-hydrogen) atoms. The van der Waals surface area contributed by atoms with Crippen LogP contribution in [0, 0.1) is 0 Å². The number of quaternary nitrogens is 1. The van der Waals surface area contributed by atoms with Crippen LogP contribution in [0.1, 0.15) is 155 Å². The van der Waals surface area contributed by atoms with Gasteiger partial charge in [0.1, 0.15) is 13.2 Å². The number of rotatable bonds is 34. The molecule has 3 atom stereocenters. The normalized spacial score (nSPS) is 15.1. The van der Waals surface area contributed by atoms with Crippen LogP contribution in [0.15, 0.2) is 36.5 Å². The molecule has 3 N–H and O–H groups in total. The molecular formula is C39H76N2O6P+. The zero-order valence-corrected chi connectivity index (χ0v) is 32.6. The van der Waals surface area contributed by atoms with Crippen LogP contribution in [0.2, 0.25) is 0 Å². The van der Waals surface area contributed by atoms with E-state index in [4.69, 9.17) is 9.05 Å². The number of phosphoric ester groups is 1. The van der Waals surface area contributed by atoms with Crippen LogP contribution in [0.3, 0.4) is 0 Å². The maximum atomic E-state index is 12.7. The Morgan fingerprint density at radius 3 is 1.75 bits per heavy atom. The minimum Gasteiger partial charge on any atom is -0.387 e. The first kappa shape index (κ1) is 46.7. The smallest absolute Gasteiger partial charge is 0.387 e. The summed E-state index contributed by atoms with van der Waals surface area (Å²) in [7, 11) is 1.56. The Labute approximate surface area is 296 Å². The maximum Gasteiger partial charge on any atom is 0.472 e. The molecule has 0 aromatic carbocycles. The van der Waals surface area contributed by atoms with E-state index in [1.165, 1.54) is 89.9 Å². The van der Waals surface area contributed by atoms with E-state index in [0.717, 1.165) is 44.9 Å². The van der Waals surface area contributed by atoms with E-state index in [-0.39, 0.29) is 19.1 Å². The molecule has 0 spiro atoms. The van der Waals surface area contributed by atoms with Crippen LogP contribution in [-0.2, 0) is 18.4 Å². The molecule has 0 saturated carbocycles. The molecule has 9 heteroatoms. The fourth-order valence-electron chi connectivity index (χ4n) is 5.19. The van der Waals surface area contributed by atoms with E-state index in [1.54, 1.807) is 6.08 Å². The van der Waals surface area contributed by atoms with E-state index in [0.29, 0.717) is 17.4 Å². The van der Waals surface area contributed by atoms with Gasteiger partial charge in [0.05, 0.1) is 39.9 Å². The number of carbonyl (C=O) groups excluding carboxylic acids is 1. The Balaban J connectivity index is 4.32. The SMILES string of the molecule is CCCCC/C=C\C/C=C\CCCCCCCCCCCC(=O)NC(COP(=O)(O)OCC[N+](C)(C)C)C(O)/C=C/CCCCCCC. The quantitative estimate of drug-likeness (QED) is 0.0267. The second-order valence-corrected chi connectivity index (χ2v) is 15.8. The molecule has 0 bridgehead atoms. The number of hydrogen-bond acceptors (Lipinski definition) is 5. The summed E-state index contributed by atoms with van der Waals surface area (Å²) in [6.07, 6.45) is 36.5. The van der Waals surface area contributed by atoms with Gasteiger partial charge >= 0.3 is 7.82 Å². The number of phosphoric acid groups is 1. The predicted octanol–water partition coefficient (Wildman–Crippen LogP) is 9.96. The Morgan fingerprint density at radius 1 is 0.708 bits per heavy atom. The van der Waals surface area contributed by atoms with Gasteiger partial charge in [-0.25, -0.2) is 4.57 Å². The van der Waals surface area contributed by atoms with E-state index < -0.39 is 20.0 Å². The number of unbranched alkanes of at least 4 members (excludes halogenated alkanes) is 17.